The van der Waals surface area contributed by atoms with E-state index in [9.17, 15) is 14.4 Å². The predicted molar refractivity (Wildman–Crippen MR) is 103 cm³/mol. The van der Waals surface area contributed by atoms with E-state index in [0.29, 0.717) is 6.42 Å². The molecule has 1 saturated heterocycles. The summed E-state index contributed by atoms with van der Waals surface area (Å²) in [5.74, 6) is -0.334. The van der Waals surface area contributed by atoms with Crippen molar-refractivity contribution in [2.45, 2.75) is 19.3 Å². The third-order valence-corrected chi connectivity index (χ3v) is 4.55. The Morgan fingerprint density at radius 1 is 1.04 bits per heavy atom. The zero-order valence-electron chi connectivity index (χ0n) is 15.4. The maximum atomic E-state index is 12.3. The SMILES string of the molecule is CN1CC(=O)N(CCCC(=O)Nc2ccccc2Cc2ccccc2)C1=O. The van der Waals surface area contributed by atoms with Gasteiger partial charge in [-0.1, -0.05) is 48.5 Å². The summed E-state index contributed by atoms with van der Waals surface area (Å²) >= 11 is 0. The molecule has 0 unspecified atom stereocenters. The van der Waals surface area contributed by atoms with Crippen molar-refractivity contribution in [1.29, 1.82) is 0 Å². The van der Waals surface area contributed by atoms with E-state index in [0.717, 1.165) is 17.7 Å². The fourth-order valence-corrected chi connectivity index (χ4v) is 3.11. The van der Waals surface area contributed by atoms with Gasteiger partial charge in [0.15, 0.2) is 0 Å². The predicted octanol–water partition coefficient (Wildman–Crippen LogP) is 2.89. The van der Waals surface area contributed by atoms with E-state index >= 15 is 0 Å². The number of amides is 4. The molecule has 1 N–H and O–H groups in total. The van der Waals surface area contributed by atoms with Gasteiger partial charge in [0, 0.05) is 25.7 Å². The summed E-state index contributed by atoms with van der Waals surface area (Å²) in [5.41, 5.74) is 3.01. The summed E-state index contributed by atoms with van der Waals surface area (Å²) in [5, 5.41) is 2.95. The van der Waals surface area contributed by atoms with Crippen molar-refractivity contribution in [1.82, 2.24) is 9.80 Å². The van der Waals surface area contributed by atoms with Crippen LogP contribution >= 0.6 is 0 Å². The number of para-hydroxylation sites is 1. The molecule has 0 aromatic heterocycles. The highest BCUT2D eigenvalue weighted by molar-refractivity contribution is 6.01. The van der Waals surface area contributed by atoms with Crippen LogP contribution in [-0.4, -0.2) is 47.8 Å². The molecular weight excluding hydrogens is 342 g/mol. The summed E-state index contributed by atoms with van der Waals surface area (Å²) in [6, 6.07) is 17.5. The van der Waals surface area contributed by atoms with Gasteiger partial charge in [0.2, 0.25) is 11.8 Å². The molecule has 6 nitrogen and oxygen atoms in total. The number of benzene rings is 2. The van der Waals surface area contributed by atoms with Crippen LogP contribution in [0.25, 0.3) is 0 Å². The molecule has 140 valence electrons. The fraction of sp³-hybridized carbons (Fsp3) is 0.286. The molecule has 2 aromatic carbocycles. The van der Waals surface area contributed by atoms with Crippen LogP contribution in [0.4, 0.5) is 10.5 Å². The standard InChI is InChI=1S/C21H23N3O3/c1-23-15-20(26)24(21(23)27)13-7-12-19(25)22-18-11-6-5-10-17(18)14-16-8-3-2-4-9-16/h2-6,8-11H,7,12-15H2,1H3,(H,22,25). The molecule has 4 amide bonds. The van der Waals surface area contributed by atoms with Gasteiger partial charge in [0.25, 0.3) is 0 Å². The van der Waals surface area contributed by atoms with Crippen molar-refractivity contribution in [3.8, 4) is 0 Å². The van der Waals surface area contributed by atoms with Crippen LogP contribution in [0, 0.1) is 0 Å². The number of likely N-dealkylation sites (N-methyl/N-ethyl adjacent to an activating group) is 1. The molecule has 0 aliphatic carbocycles. The van der Waals surface area contributed by atoms with Gasteiger partial charge >= 0.3 is 6.03 Å². The zero-order valence-corrected chi connectivity index (χ0v) is 15.4. The Morgan fingerprint density at radius 3 is 2.44 bits per heavy atom. The van der Waals surface area contributed by atoms with E-state index < -0.39 is 0 Å². The molecule has 2 aromatic rings. The lowest BCUT2D eigenvalue weighted by molar-refractivity contribution is -0.125. The van der Waals surface area contributed by atoms with Gasteiger partial charge in [-0.2, -0.15) is 0 Å². The number of nitrogens with zero attached hydrogens (tertiary/aromatic N) is 2. The van der Waals surface area contributed by atoms with Gasteiger partial charge in [0.05, 0.1) is 0 Å². The minimum Gasteiger partial charge on any atom is -0.326 e. The molecule has 0 saturated carbocycles. The Bertz CT molecular complexity index is 836. The van der Waals surface area contributed by atoms with Gasteiger partial charge in [-0.05, 0) is 30.0 Å². The number of hydrogen-bond acceptors (Lipinski definition) is 3. The van der Waals surface area contributed by atoms with Crippen molar-refractivity contribution in [2.75, 3.05) is 25.5 Å². The van der Waals surface area contributed by atoms with Crippen LogP contribution < -0.4 is 5.32 Å². The highest BCUT2D eigenvalue weighted by atomic mass is 16.2. The number of carbonyl (C=O) groups is 3. The number of urea groups is 1. The number of anilines is 1. The number of hydrogen-bond donors (Lipinski definition) is 1. The fourth-order valence-electron chi connectivity index (χ4n) is 3.11. The number of rotatable bonds is 7. The van der Waals surface area contributed by atoms with E-state index in [1.165, 1.54) is 15.4 Å². The minimum absolute atomic E-state index is 0.109. The van der Waals surface area contributed by atoms with Crippen molar-refractivity contribution in [3.63, 3.8) is 0 Å². The van der Waals surface area contributed by atoms with Crippen molar-refractivity contribution in [3.05, 3.63) is 65.7 Å². The normalized spacial score (nSPS) is 14.0. The van der Waals surface area contributed by atoms with Gasteiger partial charge in [0.1, 0.15) is 6.54 Å². The summed E-state index contributed by atoms with van der Waals surface area (Å²) in [6.07, 6.45) is 1.43. The maximum absolute atomic E-state index is 12.3. The van der Waals surface area contributed by atoms with Crippen molar-refractivity contribution < 1.29 is 14.4 Å². The number of nitrogens with one attached hydrogen (secondary N) is 1. The quantitative estimate of drug-likeness (QED) is 0.767. The average molecular weight is 365 g/mol. The Kier molecular flexibility index (Phi) is 5.86. The van der Waals surface area contributed by atoms with Gasteiger partial charge < -0.3 is 10.2 Å². The molecule has 1 heterocycles. The lowest BCUT2D eigenvalue weighted by atomic mass is 10.0. The zero-order chi connectivity index (χ0) is 19.2. The van der Waals surface area contributed by atoms with Crippen molar-refractivity contribution >= 4 is 23.5 Å². The molecule has 0 atom stereocenters. The summed E-state index contributed by atoms with van der Waals surface area (Å²) in [6.45, 7) is 0.374. The highest BCUT2D eigenvalue weighted by Gasteiger charge is 2.32. The second-order valence-corrected chi connectivity index (χ2v) is 6.66. The van der Waals surface area contributed by atoms with Crippen LogP contribution in [0.1, 0.15) is 24.0 Å². The summed E-state index contributed by atoms with van der Waals surface area (Å²) in [4.78, 5) is 38.5. The first-order chi connectivity index (χ1) is 13.0. The molecular formula is C21H23N3O3. The van der Waals surface area contributed by atoms with Crippen LogP contribution in [0.15, 0.2) is 54.6 Å². The smallest absolute Gasteiger partial charge is 0.326 e. The third kappa shape index (κ3) is 4.73. The molecule has 0 spiro atoms. The number of imide groups is 1. The molecule has 6 heteroatoms. The molecule has 0 radical (unpaired) electrons. The van der Waals surface area contributed by atoms with Crippen LogP contribution in [0.2, 0.25) is 0 Å². The first-order valence-corrected chi connectivity index (χ1v) is 9.02. The molecule has 0 bridgehead atoms. The molecule has 3 rings (SSSR count). The molecule has 27 heavy (non-hydrogen) atoms. The first-order valence-electron chi connectivity index (χ1n) is 9.02. The average Bonchev–Trinajstić information content (AvgIpc) is 2.90. The monoisotopic (exact) mass is 365 g/mol. The van der Waals surface area contributed by atoms with E-state index in [4.69, 9.17) is 0 Å². The van der Waals surface area contributed by atoms with Crippen LogP contribution in [0.5, 0.6) is 0 Å². The second-order valence-electron chi connectivity index (χ2n) is 6.66. The molecule has 1 fully saturated rings. The Labute approximate surface area is 158 Å². The Hall–Kier alpha value is -3.15. The molecule has 1 aliphatic heterocycles. The van der Waals surface area contributed by atoms with Crippen molar-refractivity contribution in [2.24, 2.45) is 0 Å². The van der Waals surface area contributed by atoms with E-state index in [2.05, 4.69) is 17.4 Å². The summed E-state index contributed by atoms with van der Waals surface area (Å²) in [7, 11) is 1.59. The largest absolute Gasteiger partial charge is 0.326 e. The number of carbonyl (C=O) groups excluding carboxylic acids is 3. The third-order valence-electron chi connectivity index (χ3n) is 4.55. The molecule has 1 aliphatic rings. The lowest BCUT2D eigenvalue weighted by Gasteiger charge is -2.14. The van der Waals surface area contributed by atoms with Gasteiger partial charge in [-0.25, -0.2) is 4.79 Å². The van der Waals surface area contributed by atoms with Crippen LogP contribution in [0.3, 0.4) is 0 Å². The Morgan fingerprint density at radius 2 is 1.74 bits per heavy atom. The topological polar surface area (TPSA) is 69.7 Å². The van der Waals surface area contributed by atoms with Crippen LogP contribution in [-0.2, 0) is 16.0 Å². The summed E-state index contributed by atoms with van der Waals surface area (Å²) < 4.78 is 0. The van der Waals surface area contributed by atoms with E-state index in [1.54, 1.807) is 7.05 Å². The maximum Gasteiger partial charge on any atom is 0.326 e. The van der Waals surface area contributed by atoms with Gasteiger partial charge in [-0.15, -0.1) is 0 Å². The van der Waals surface area contributed by atoms with Gasteiger partial charge in [-0.3, -0.25) is 14.5 Å². The second kappa shape index (κ2) is 8.49. The van der Waals surface area contributed by atoms with E-state index in [-0.39, 0.29) is 37.4 Å². The first kappa shape index (κ1) is 18.6. The highest BCUT2D eigenvalue weighted by Crippen LogP contribution is 2.19. The van der Waals surface area contributed by atoms with E-state index in [1.807, 2.05) is 42.5 Å². The lowest BCUT2D eigenvalue weighted by Crippen LogP contribution is -2.32. The minimum atomic E-state index is -0.298. The Balaban J connectivity index is 1.54.